The first-order chi connectivity index (χ1) is 28.2. The number of hydrogen-bond donors (Lipinski definition) is 8. The molecule has 59 heavy (non-hydrogen) atoms. The number of benzene rings is 2. The van der Waals surface area contributed by atoms with Gasteiger partial charge in [-0.1, -0.05) is 54.8 Å². The van der Waals surface area contributed by atoms with Crippen molar-refractivity contribution in [1.82, 2.24) is 30.9 Å². The molecule has 17 heteroatoms. The lowest BCUT2D eigenvalue weighted by Crippen LogP contribution is -2.67. The summed E-state index contributed by atoms with van der Waals surface area (Å²) in [6.07, 6.45) is 2.75. The number of amides is 3. The summed E-state index contributed by atoms with van der Waals surface area (Å²) in [5, 5.41) is 71.4. The highest BCUT2D eigenvalue weighted by molar-refractivity contribution is 5.95. The fourth-order valence-electron chi connectivity index (χ4n) is 7.64. The van der Waals surface area contributed by atoms with Crippen LogP contribution in [0.3, 0.4) is 0 Å². The van der Waals surface area contributed by atoms with Gasteiger partial charge in [-0.25, -0.2) is 9.48 Å². The number of aryl methyl sites for hydroxylation is 2. The largest absolute Gasteiger partial charge is 0.507 e. The molecule has 2 fully saturated rings. The Morgan fingerprint density at radius 3 is 2.47 bits per heavy atom. The van der Waals surface area contributed by atoms with Crippen LogP contribution < -0.4 is 16.0 Å². The van der Waals surface area contributed by atoms with Crippen LogP contribution in [0, 0.1) is 13.8 Å². The Kier molecular flexibility index (Phi) is 15.7. The van der Waals surface area contributed by atoms with E-state index in [4.69, 9.17) is 9.47 Å². The molecule has 2 aliphatic rings. The minimum absolute atomic E-state index is 0.0382. The van der Waals surface area contributed by atoms with Crippen LogP contribution in [0.1, 0.15) is 95.6 Å². The maximum atomic E-state index is 13.4. The number of aliphatic carboxylic acids is 1. The quantitative estimate of drug-likeness (QED) is 0.0916. The fourth-order valence-corrected chi connectivity index (χ4v) is 7.64. The Labute approximate surface area is 342 Å². The van der Waals surface area contributed by atoms with Crippen LogP contribution in [-0.4, -0.2) is 121 Å². The van der Waals surface area contributed by atoms with E-state index in [0.717, 1.165) is 43.4 Å². The van der Waals surface area contributed by atoms with Crippen LogP contribution in [0.15, 0.2) is 48.7 Å². The van der Waals surface area contributed by atoms with Gasteiger partial charge in [0.1, 0.15) is 24.5 Å². The number of aliphatic hydroxyl groups is 3. The Hall–Kier alpha value is -5.20. The zero-order chi connectivity index (χ0) is 42.7. The van der Waals surface area contributed by atoms with Gasteiger partial charge in [-0.05, 0) is 67.1 Å². The highest BCUT2D eigenvalue weighted by atomic mass is 16.6. The van der Waals surface area contributed by atoms with Gasteiger partial charge in [0.2, 0.25) is 11.8 Å². The summed E-state index contributed by atoms with van der Waals surface area (Å²) in [5.74, 6) is -2.58. The lowest BCUT2D eigenvalue weighted by atomic mass is 9.81. The molecule has 1 aliphatic heterocycles. The predicted octanol–water partition coefficient (Wildman–Crippen LogP) is 2.01. The minimum atomic E-state index is -2.11. The zero-order valence-corrected chi connectivity index (χ0v) is 33.7. The Bertz CT molecular complexity index is 1940. The van der Waals surface area contributed by atoms with Crippen molar-refractivity contribution in [3.8, 4) is 5.75 Å². The van der Waals surface area contributed by atoms with Gasteiger partial charge in [0.15, 0.2) is 5.60 Å². The van der Waals surface area contributed by atoms with E-state index in [1.165, 1.54) is 23.9 Å². The molecule has 0 bridgehead atoms. The third kappa shape index (κ3) is 11.9. The van der Waals surface area contributed by atoms with Crippen LogP contribution in [0.25, 0.3) is 6.08 Å². The van der Waals surface area contributed by atoms with Crippen molar-refractivity contribution in [2.75, 3.05) is 20.3 Å². The first kappa shape index (κ1) is 44.9. The number of nitrogens with one attached hydrogen (secondary N) is 3. The third-order valence-electron chi connectivity index (χ3n) is 11.0. The van der Waals surface area contributed by atoms with E-state index in [-0.39, 0.29) is 49.1 Å². The maximum absolute atomic E-state index is 13.4. The molecule has 1 aliphatic carbocycles. The van der Waals surface area contributed by atoms with Gasteiger partial charge in [-0.3, -0.25) is 14.4 Å². The molecule has 5 rings (SSSR count). The van der Waals surface area contributed by atoms with Crippen LogP contribution in [0.2, 0.25) is 0 Å². The lowest BCUT2D eigenvalue weighted by molar-refractivity contribution is -0.226. The molecular formula is C42H56N6O11. The standard InChI is InChI=1S/C42H56N6O11/c1-25-17-30(18-26(2)37(25)53)40(55)44-22-33(50)38(54)39-36(45-35(52)24-48-23-31(46-47-48)29-12-5-4-6-13-29)32(49)20-42(59-39,41(56)57)15-8-11-27-9-7-10-28(19-27)21-43-34(51)14-16-58-3/h7-11,17-19,23,29,32-33,36,38-39,49-50,53-54H,4-6,12-16,20-22,24H2,1-3H3,(H,43,51)(H,44,55)(H,45,52)(H,56,57)/b11-8+/t32-,33+,36+,38+,39+,42+/m0/s1. The summed E-state index contributed by atoms with van der Waals surface area (Å²) in [6, 6.07) is 8.75. The molecule has 0 radical (unpaired) electrons. The number of carbonyl (C=O) groups is 4. The molecule has 1 saturated carbocycles. The van der Waals surface area contributed by atoms with Gasteiger partial charge >= 0.3 is 5.97 Å². The van der Waals surface area contributed by atoms with Crippen LogP contribution in [0.5, 0.6) is 5.75 Å². The molecule has 0 spiro atoms. The number of nitrogens with zero attached hydrogens (tertiary/aromatic N) is 3. The van der Waals surface area contributed by atoms with Gasteiger partial charge in [-0.2, -0.15) is 0 Å². The average molecular weight is 821 g/mol. The van der Waals surface area contributed by atoms with E-state index in [1.807, 2.05) is 12.1 Å². The minimum Gasteiger partial charge on any atom is -0.507 e. The molecule has 1 saturated heterocycles. The summed E-state index contributed by atoms with van der Waals surface area (Å²) in [4.78, 5) is 51.5. The van der Waals surface area contributed by atoms with Crippen molar-refractivity contribution >= 4 is 29.8 Å². The molecular weight excluding hydrogens is 764 g/mol. The lowest BCUT2D eigenvalue weighted by Gasteiger charge is -2.47. The second kappa shape index (κ2) is 20.7. The number of carboxylic acids is 1. The van der Waals surface area contributed by atoms with Crippen molar-refractivity contribution in [3.05, 3.63) is 82.2 Å². The molecule has 3 aromatic rings. The van der Waals surface area contributed by atoms with Crippen molar-refractivity contribution < 1.29 is 54.2 Å². The van der Waals surface area contributed by atoms with E-state index in [2.05, 4.69) is 26.3 Å². The van der Waals surface area contributed by atoms with Gasteiger partial charge < -0.3 is 51.0 Å². The van der Waals surface area contributed by atoms with E-state index >= 15 is 0 Å². The molecule has 8 N–H and O–H groups in total. The summed E-state index contributed by atoms with van der Waals surface area (Å²) < 4.78 is 12.5. The van der Waals surface area contributed by atoms with Crippen LogP contribution >= 0.6 is 0 Å². The Morgan fingerprint density at radius 1 is 1.05 bits per heavy atom. The van der Waals surface area contributed by atoms with Gasteiger partial charge in [0, 0.05) is 57.1 Å². The molecule has 6 atom stereocenters. The summed E-state index contributed by atoms with van der Waals surface area (Å²) in [6.45, 7) is 3.01. The van der Waals surface area contributed by atoms with E-state index < -0.39 is 66.8 Å². The Balaban J connectivity index is 1.32. The highest BCUT2D eigenvalue weighted by Gasteiger charge is 2.54. The number of aromatic nitrogens is 3. The molecule has 3 amide bonds. The van der Waals surface area contributed by atoms with Gasteiger partial charge in [0.05, 0.1) is 30.6 Å². The van der Waals surface area contributed by atoms with Gasteiger partial charge in [0.25, 0.3) is 5.91 Å². The number of rotatable bonds is 18. The van der Waals surface area contributed by atoms with E-state index in [9.17, 15) is 44.7 Å². The van der Waals surface area contributed by atoms with Crippen LogP contribution in [-0.2, 0) is 36.9 Å². The van der Waals surface area contributed by atoms with Crippen molar-refractivity contribution in [2.24, 2.45) is 0 Å². The second-order valence-corrected chi connectivity index (χ2v) is 15.5. The number of carbonyl (C=O) groups excluding carboxylic acids is 3. The molecule has 2 aromatic carbocycles. The molecule has 2 heterocycles. The first-order valence-electron chi connectivity index (χ1n) is 19.9. The topological polar surface area (TPSA) is 255 Å². The Morgan fingerprint density at radius 2 is 1.78 bits per heavy atom. The number of aromatic hydroxyl groups is 1. The number of carboxylic acid groups (broad SMARTS) is 1. The SMILES string of the molecule is COCCC(=O)NCc1cccc(/C=C/C[C@]2(C(=O)O)C[C@H](O)[C@@H](NC(=O)Cn3cc(C4CCCCC4)nn3)[C@H]([C@H](O)[C@H](O)CNC(=O)c3cc(C)c(O)c(C)c3)O2)c1. The fraction of sp³-hybridized carbons (Fsp3) is 0.524. The first-order valence-corrected chi connectivity index (χ1v) is 19.9. The second-order valence-electron chi connectivity index (χ2n) is 15.5. The number of aliphatic hydroxyl groups excluding tert-OH is 3. The normalized spacial score (nSPS) is 22.1. The monoisotopic (exact) mass is 820 g/mol. The maximum Gasteiger partial charge on any atom is 0.336 e. The number of hydrogen-bond acceptors (Lipinski definition) is 12. The summed E-state index contributed by atoms with van der Waals surface area (Å²) in [7, 11) is 1.51. The predicted molar refractivity (Wildman–Crippen MR) is 214 cm³/mol. The number of phenols is 1. The summed E-state index contributed by atoms with van der Waals surface area (Å²) in [5.41, 5.74) is 1.28. The average Bonchev–Trinajstić information content (AvgIpc) is 3.69. The number of phenolic OH excluding ortho intramolecular Hbond substituents is 1. The third-order valence-corrected chi connectivity index (χ3v) is 11.0. The van der Waals surface area contributed by atoms with E-state index in [0.29, 0.717) is 23.3 Å². The zero-order valence-electron chi connectivity index (χ0n) is 33.7. The molecule has 1 aromatic heterocycles. The summed E-state index contributed by atoms with van der Waals surface area (Å²) >= 11 is 0. The van der Waals surface area contributed by atoms with Gasteiger partial charge in [-0.15, -0.1) is 5.10 Å². The van der Waals surface area contributed by atoms with Crippen molar-refractivity contribution in [2.45, 2.75) is 120 Å². The molecule has 0 unspecified atom stereocenters. The van der Waals surface area contributed by atoms with Crippen molar-refractivity contribution in [3.63, 3.8) is 0 Å². The van der Waals surface area contributed by atoms with Crippen molar-refractivity contribution in [1.29, 1.82) is 0 Å². The number of ether oxygens (including phenoxy) is 2. The van der Waals surface area contributed by atoms with E-state index in [1.54, 1.807) is 44.3 Å². The molecule has 17 nitrogen and oxygen atoms in total. The van der Waals surface area contributed by atoms with Crippen LogP contribution in [0.4, 0.5) is 0 Å². The number of methoxy groups -OCH3 is 1. The smallest absolute Gasteiger partial charge is 0.336 e. The highest BCUT2D eigenvalue weighted by Crippen LogP contribution is 2.36. The molecule has 320 valence electrons.